The fourth-order valence-electron chi connectivity index (χ4n) is 1.78. The first-order chi connectivity index (χ1) is 8.56. The maximum Gasteiger partial charge on any atom is 0.136 e. The van der Waals surface area contributed by atoms with E-state index in [-0.39, 0.29) is 0 Å². The molecule has 0 aliphatic rings. The molecule has 0 N–H and O–H groups in total. The molecule has 0 aromatic carbocycles. The summed E-state index contributed by atoms with van der Waals surface area (Å²) in [5, 5.41) is 0.560. The van der Waals surface area contributed by atoms with Gasteiger partial charge in [-0.2, -0.15) is 0 Å². The normalized spacial score (nSPS) is 11.2. The van der Waals surface area contributed by atoms with Gasteiger partial charge in [-0.15, -0.1) is 0 Å². The summed E-state index contributed by atoms with van der Waals surface area (Å²) >= 11 is 6.18. The summed E-state index contributed by atoms with van der Waals surface area (Å²) in [6, 6.07) is 0. The second-order valence-electron chi connectivity index (χ2n) is 4.44. The van der Waals surface area contributed by atoms with Crippen molar-refractivity contribution in [3.8, 4) is 0 Å². The summed E-state index contributed by atoms with van der Waals surface area (Å²) in [5.41, 5.74) is 1.98. The number of aryl methyl sites for hydroxylation is 1. The van der Waals surface area contributed by atoms with Crippen LogP contribution in [0, 0.1) is 6.92 Å². The lowest BCUT2D eigenvalue weighted by molar-refractivity contribution is 0.0716. The highest BCUT2D eigenvalue weighted by Crippen LogP contribution is 2.24. The summed E-state index contributed by atoms with van der Waals surface area (Å²) in [5.74, 6) is 1.07. The van der Waals surface area contributed by atoms with Gasteiger partial charge in [0.15, 0.2) is 0 Å². The van der Waals surface area contributed by atoms with Crippen molar-refractivity contribution in [2.75, 3.05) is 26.9 Å². The van der Waals surface area contributed by atoms with Gasteiger partial charge in [0.05, 0.1) is 19.8 Å². The Morgan fingerprint density at radius 3 is 2.44 bits per heavy atom. The van der Waals surface area contributed by atoms with E-state index in [2.05, 4.69) is 23.8 Å². The van der Waals surface area contributed by atoms with Crippen LogP contribution in [0.5, 0.6) is 0 Å². The molecule has 0 spiro atoms. The van der Waals surface area contributed by atoms with Crippen LogP contribution < -0.4 is 0 Å². The first kappa shape index (κ1) is 15.3. The lowest BCUT2D eigenvalue weighted by Crippen LogP contribution is -2.09. The minimum absolute atomic E-state index is 0.338. The van der Waals surface area contributed by atoms with Crippen LogP contribution in [0.1, 0.15) is 36.8 Å². The fraction of sp³-hybridized carbons (Fsp3) is 0.692. The summed E-state index contributed by atoms with van der Waals surface area (Å²) in [4.78, 5) is 8.78. The Bertz CT molecular complexity index is 360. The van der Waals surface area contributed by atoms with Gasteiger partial charge in [0.2, 0.25) is 0 Å². The molecule has 0 saturated carbocycles. The highest BCUT2D eigenvalue weighted by molar-refractivity contribution is 6.30. The van der Waals surface area contributed by atoms with Crippen molar-refractivity contribution < 1.29 is 9.47 Å². The molecule has 0 atom stereocenters. The Balaban J connectivity index is 2.58. The molecule has 0 aliphatic heterocycles. The first-order valence-electron chi connectivity index (χ1n) is 6.15. The van der Waals surface area contributed by atoms with Gasteiger partial charge in [-0.25, -0.2) is 9.97 Å². The molecule has 102 valence electrons. The van der Waals surface area contributed by atoms with Gasteiger partial charge < -0.3 is 9.47 Å². The van der Waals surface area contributed by atoms with Crippen LogP contribution in [-0.2, 0) is 15.9 Å². The number of hydrogen-bond donors (Lipinski definition) is 0. The largest absolute Gasteiger partial charge is 0.382 e. The predicted molar refractivity (Wildman–Crippen MR) is 72.3 cm³/mol. The van der Waals surface area contributed by atoms with E-state index in [1.165, 1.54) is 0 Å². The molecular weight excluding hydrogens is 252 g/mol. The van der Waals surface area contributed by atoms with Crippen LogP contribution >= 0.6 is 11.6 Å². The van der Waals surface area contributed by atoms with Gasteiger partial charge in [0, 0.05) is 24.8 Å². The smallest absolute Gasteiger partial charge is 0.136 e. The van der Waals surface area contributed by atoms with E-state index >= 15 is 0 Å². The van der Waals surface area contributed by atoms with E-state index in [9.17, 15) is 0 Å². The van der Waals surface area contributed by atoms with Gasteiger partial charge in [0.25, 0.3) is 0 Å². The molecule has 18 heavy (non-hydrogen) atoms. The van der Waals surface area contributed by atoms with Crippen LogP contribution in [-0.4, -0.2) is 36.9 Å². The van der Waals surface area contributed by atoms with E-state index in [0.717, 1.165) is 17.1 Å². The van der Waals surface area contributed by atoms with Crippen molar-refractivity contribution >= 4 is 11.6 Å². The minimum atomic E-state index is 0.338. The molecule has 0 aliphatic carbocycles. The van der Waals surface area contributed by atoms with Crippen LogP contribution in [0.3, 0.4) is 0 Å². The standard InChI is InChI=1S/C13H21ClN2O2/c1-9(2)12-10(3)15-11(16-13(12)14)5-6-18-8-7-17-4/h9H,5-8H2,1-4H3. The van der Waals surface area contributed by atoms with Gasteiger partial charge >= 0.3 is 0 Å². The Hall–Kier alpha value is -0.710. The maximum atomic E-state index is 6.18. The highest BCUT2D eigenvalue weighted by atomic mass is 35.5. The van der Waals surface area contributed by atoms with E-state index in [0.29, 0.717) is 37.3 Å². The highest BCUT2D eigenvalue weighted by Gasteiger charge is 2.12. The fourth-order valence-corrected chi connectivity index (χ4v) is 2.23. The number of methoxy groups -OCH3 is 1. The lowest BCUT2D eigenvalue weighted by Gasteiger charge is -2.12. The Kier molecular flexibility index (Phi) is 6.54. The number of hydrogen-bond acceptors (Lipinski definition) is 4. The van der Waals surface area contributed by atoms with Crippen molar-refractivity contribution in [3.63, 3.8) is 0 Å². The minimum Gasteiger partial charge on any atom is -0.382 e. The predicted octanol–water partition coefficient (Wildman–Crippen LogP) is 2.77. The van der Waals surface area contributed by atoms with Crippen molar-refractivity contribution in [3.05, 3.63) is 22.2 Å². The molecule has 1 aromatic heterocycles. The van der Waals surface area contributed by atoms with Crippen LogP contribution in [0.2, 0.25) is 5.15 Å². The summed E-state index contributed by atoms with van der Waals surface area (Å²) in [6.07, 6.45) is 0.669. The molecule has 0 radical (unpaired) electrons. The molecule has 4 nitrogen and oxygen atoms in total. The molecule has 0 bridgehead atoms. The Morgan fingerprint density at radius 1 is 1.17 bits per heavy atom. The number of nitrogens with zero attached hydrogens (tertiary/aromatic N) is 2. The number of aromatic nitrogens is 2. The van der Waals surface area contributed by atoms with Crippen molar-refractivity contribution in [1.82, 2.24) is 9.97 Å². The molecule has 0 amide bonds. The summed E-state index contributed by atoms with van der Waals surface area (Å²) in [6.45, 7) is 7.93. The van der Waals surface area contributed by atoms with Crippen LogP contribution in [0.25, 0.3) is 0 Å². The van der Waals surface area contributed by atoms with E-state index in [1.54, 1.807) is 7.11 Å². The zero-order chi connectivity index (χ0) is 13.5. The zero-order valence-electron chi connectivity index (χ0n) is 11.5. The molecule has 0 fully saturated rings. The van der Waals surface area contributed by atoms with Crippen LogP contribution in [0.15, 0.2) is 0 Å². The number of halogens is 1. The van der Waals surface area contributed by atoms with Gasteiger partial charge in [-0.05, 0) is 12.8 Å². The second kappa shape index (κ2) is 7.67. The van der Waals surface area contributed by atoms with Crippen molar-refractivity contribution in [2.45, 2.75) is 33.1 Å². The second-order valence-corrected chi connectivity index (χ2v) is 4.80. The summed E-state index contributed by atoms with van der Waals surface area (Å²) < 4.78 is 10.3. The molecule has 1 heterocycles. The lowest BCUT2D eigenvalue weighted by atomic mass is 10.0. The van der Waals surface area contributed by atoms with Gasteiger partial charge in [-0.1, -0.05) is 25.4 Å². The molecule has 1 rings (SSSR count). The Morgan fingerprint density at radius 2 is 1.89 bits per heavy atom. The third kappa shape index (κ3) is 4.52. The number of rotatable bonds is 7. The third-order valence-corrected chi connectivity index (χ3v) is 2.90. The monoisotopic (exact) mass is 272 g/mol. The zero-order valence-corrected chi connectivity index (χ0v) is 12.3. The molecule has 0 saturated heterocycles. The summed E-state index contributed by atoms with van der Waals surface area (Å²) in [7, 11) is 1.65. The Labute approximate surface area is 114 Å². The molecule has 0 unspecified atom stereocenters. The van der Waals surface area contributed by atoms with E-state index in [4.69, 9.17) is 21.1 Å². The van der Waals surface area contributed by atoms with E-state index < -0.39 is 0 Å². The number of ether oxygens (including phenoxy) is 2. The average Bonchev–Trinajstić information content (AvgIpc) is 2.27. The topological polar surface area (TPSA) is 44.2 Å². The first-order valence-corrected chi connectivity index (χ1v) is 6.53. The molecule has 1 aromatic rings. The van der Waals surface area contributed by atoms with Gasteiger partial charge in [0.1, 0.15) is 11.0 Å². The third-order valence-electron chi connectivity index (χ3n) is 2.62. The molecule has 5 heteroatoms. The van der Waals surface area contributed by atoms with E-state index in [1.807, 2.05) is 6.92 Å². The van der Waals surface area contributed by atoms with Crippen molar-refractivity contribution in [2.24, 2.45) is 0 Å². The van der Waals surface area contributed by atoms with Gasteiger partial charge in [-0.3, -0.25) is 0 Å². The molecular formula is C13H21ClN2O2. The average molecular weight is 273 g/mol. The van der Waals surface area contributed by atoms with Crippen LogP contribution in [0.4, 0.5) is 0 Å². The quantitative estimate of drug-likeness (QED) is 0.566. The maximum absolute atomic E-state index is 6.18. The van der Waals surface area contributed by atoms with Crippen molar-refractivity contribution in [1.29, 1.82) is 0 Å². The SMILES string of the molecule is COCCOCCc1nc(C)c(C(C)C)c(Cl)n1.